The lowest BCUT2D eigenvalue weighted by Crippen LogP contribution is -2.12. The molecule has 4 rings (SSSR count). The van der Waals surface area contributed by atoms with Crippen molar-refractivity contribution < 1.29 is 4.74 Å². The maximum Gasteiger partial charge on any atom is 0.233 e. The minimum atomic E-state index is 0.293. The average Bonchev–Trinajstić information content (AvgIpc) is 3.17. The van der Waals surface area contributed by atoms with E-state index in [0.717, 1.165) is 29.7 Å². The molecule has 1 aliphatic carbocycles. The van der Waals surface area contributed by atoms with E-state index in [4.69, 9.17) is 4.74 Å². The van der Waals surface area contributed by atoms with Crippen LogP contribution in [0.1, 0.15) is 25.7 Å². The first kappa shape index (κ1) is 12.3. The van der Waals surface area contributed by atoms with Crippen molar-refractivity contribution in [3.8, 4) is 11.6 Å². The summed E-state index contributed by atoms with van der Waals surface area (Å²) in [6.45, 7) is 0. The Balaban J connectivity index is 1.67. The van der Waals surface area contributed by atoms with Crippen LogP contribution in [-0.4, -0.2) is 25.9 Å². The topological polar surface area (TPSA) is 52.8 Å². The molecule has 1 saturated carbocycles. The monoisotopic (exact) mass is 280 g/mol. The van der Waals surface area contributed by atoms with Gasteiger partial charge in [0.25, 0.3) is 0 Å². The van der Waals surface area contributed by atoms with Crippen LogP contribution in [0.4, 0.5) is 0 Å². The SMILES string of the molecule is c1ccc(-n2ncc3nc(OC4CCCC4)cnc32)cc1. The first-order chi connectivity index (χ1) is 10.4. The van der Waals surface area contributed by atoms with Gasteiger partial charge >= 0.3 is 0 Å². The van der Waals surface area contributed by atoms with Gasteiger partial charge in [-0.1, -0.05) is 18.2 Å². The zero-order valence-electron chi connectivity index (χ0n) is 11.6. The summed E-state index contributed by atoms with van der Waals surface area (Å²) in [5.41, 5.74) is 2.49. The Morgan fingerprint density at radius 2 is 1.86 bits per heavy atom. The predicted molar refractivity (Wildman–Crippen MR) is 79.5 cm³/mol. The van der Waals surface area contributed by atoms with Crippen molar-refractivity contribution in [2.75, 3.05) is 0 Å². The molecule has 2 heterocycles. The fourth-order valence-electron chi connectivity index (χ4n) is 2.79. The summed E-state index contributed by atoms with van der Waals surface area (Å²) in [4.78, 5) is 8.99. The van der Waals surface area contributed by atoms with Crippen LogP contribution in [0, 0.1) is 0 Å². The highest BCUT2D eigenvalue weighted by molar-refractivity contribution is 5.71. The van der Waals surface area contributed by atoms with Crippen molar-refractivity contribution in [2.24, 2.45) is 0 Å². The van der Waals surface area contributed by atoms with E-state index >= 15 is 0 Å². The molecule has 1 aliphatic rings. The van der Waals surface area contributed by atoms with Crippen LogP contribution in [0.15, 0.2) is 42.7 Å². The molecule has 0 radical (unpaired) electrons. The van der Waals surface area contributed by atoms with E-state index in [9.17, 15) is 0 Å². The molecule has 0 saturated heterocycles. The molecule has 0 bridgehead atoms. The van der Waals surface area contributed by atoms with Gasteiger partial charge in [-0.2, -0.15) is 5.10 Å². The fraction of sp³-hybridized carbons (Fsp3) is 0.312. The van der Waals surface area contributed by atoms with Gasteiger partial charge in [-0.15, -0.1) is 0 Å². The molecule has 0 amide bonds. The summed E-state index contributed by atoms with van der Waals surface area (Å²) in [7, 11) is 0. The van der Waals surface area contributed by atoms with Crippen LogP contribution >= 0.6 is 0 Å². The van der Waals surface area contributed by atoms with E-state index in [-0.39, 0.29) is 0 Å². The van der Waals surface area contributed by atoms with Gasteiger partial charge < -0.3 is 4.74 Å². The number of para-hydroxylation sites is 1. The molecule has 5 heteroatoms. The van der Waals surface area contributed by atoms with Gasteiger partial charge in [0.15, 0.2) is 5.65 Å². The molecule has 21 heavy (non-hydrogen) atoms. The van der Waals surface area contributed by atoms with Gasteiger partial charge in [-0.3, -0.25) is 0 Å². The van der Waals surface area contributed by atoms with Gasteiger partial charge in [-0.05, 0) is 37.8 Å². The first-order valence-electron chi connectivity index (χ1n) is 7.33. The van der Waals surface area contributed by atoms with Crippen LogP contribution in [0.25, 0.3) is 16.9 Å². The van der Waals surface area contributed by atoms with E-state index < -0.39 is 0 Å². The lowest BCUT2D eigenvalue weighted by Gasteiger charge is -2.11. The lowest BCUT2D eigenvalue weighted by molar-refractivity contribution is 0.201. The van der Waals surface area contributed by atoms with Crippen molar-refractivity contribution in [3.05, 3.63) is 42.7 Å². The summed E-state index contributed by atoms with van der Waals surface area (Å²) in [5, 5.41) is 4.37. The van der Waals surface area contributed by atoms with Gasteiger partial charge in [-0.25, -0.2) is 14.6 Å². The highest BCUT2D eigenvalue weighted by atomic mass is 16.5. The number of aromatic nitrogens is 4. The van der Waals surface area contributed by atoms with Crippen LogP contribution in [0.5, 0.6) is 5.88 Å². The second-order valence-electron chi connectivity index (χ2n) is 5.33. The Hall–Kier alpha value is -2.43. The quantitative estimate of drug-likeness (QED) is 0.739. The molecule has 0 atom stereocenters. The van der Waals surface area contributed by atoms with Crippen molar-refractivity contribution in [1.29, 1.82) is 0 Å². The molecule has 5 nitrogen and oxygen atoms in total. The Morgan fingerprint density at radius 3 is 2.67 bits per heavy atom. The van der Waals surface area contributed by atoms with Gasteiger partial charge in [0.05, 0.1) is 18.1 Å². The normalized spacial score (nSPS) is 15.6. The number of hydrogen-bond donors (Lipinski definition) is 0. The molecular formula is C16H16N4O. The van der Waals surface area contributed by atoms with Crippen LogP contribution < -0.4 is 4.74 Å². The third-order valence-electron chi connectivity index (χ3n) is 3.84. The van der Waals surface area contributed by atoms with Crippen LogP contribution in [0.3, 0.4) is 0 Å². The number of fused-ring (bicyclic) bond motifs is 1. The third kappa shape index (κ3) is 2.35. The smallest absolute Gasteiger partial charge is 0.233 e. The Kier molecular flexibility index (Phi) is 3.03. The molecule has 3 aromatic rings. The summed E-state index contributed by atoms with van der Waals surface area (Å²) in [5.74, 6) is 0.599. The molecule has 106 valence electrons. The second-order valence-corrected chi connectivity index (χ2v) is 5.33. The van der Waals surface area contributed by atoms with E-state index in [1.54, 1.807) is 17.1 Å². The average molecular weight is 280 g/mol. The third-order valence-corrected chi connectivity index (χ3v) is 3.84. The van der Waals surface area contributed by atoms with Crippen molar-refractivity contribution in [3.63, 3.8) is 0 Å². The minimum Gasteiger partial charge on any atom is -0.473 e. The van der Waals surface area contributed by atoms with Crippen molar-refractivity contribution in [2.45, 2.75) is 31.8 Å². The highest BCUT2D eigenvalue weighted by Gasteiger charge is 2.18. The zero-order valence-corrected chi connectivity index (χ0v) is 11.6. The fourth-order valence-corrected chi connectivity index (χ4v) is 2.79. The van der Waals surface area contributed by atoms with Gasteiger partial charge in [0.2, 0.25) is 5.88 Å². The summed E-state index contributed by atoms with van der Waals surface area (Å²) in [6.07, 6.45) is 8.43. The molecule has 0 N–H and O–H groups in total. The summed E-state index contributed by atoms with van der Waals surface area (Å²) < 4.78 is 7.68. The Bertz CT molecular complexity index is 747. The lowest BCUT2D eigenvalue weighted by atomic mass is 10.3. The number of hydrogen-bond acceptors (Lipinski definition) is 4. The molecule has 0 spiro atoms. The minimum absolute atomic E-state index is 0.293. The second kappa shape index (κ2) is 5.16. The van der Waals surface area contributed by atoms with Crippen LogP contribution in [0.2, 0.25) is 0 Å². The number of benzene rings is 1. The first-order valence-corrected chi connectivity index (χ1v) is 7.33. The molecular weight excluding hydrogens is 264 g/mol. The number of nitrogens with zero attached hydrogens (tertiary/aromatic N) is 4. The van der Waals surface area contributed by atoms with Gasteiger partial charge in [0.1, 0.15) is 11.6 Å². The van der Waals surface area contributed by atoms with Crippen molar-refractivity contribution >= 4 is 11.2 Å². The number of rotatable bonds is 3. The zero-order chi connectivity index (χ0) is 14.1. The van der Waals surface area contributed by atoms with E-state index in [1.807, 2.05) is 30.3 Å². The highest BCUT2D eigenvalue weighted by Crippen LogP contribution is 2.24. The predicted octanol–water partition coefficient (Wildman–Crippen LogP) is 3.14. The largest absolute Gasteiger partial charge is 0.473 e. The van der Waals surface area contributed by atoms with Crippen molar-refractivity contribution in [1.82, 2.24) is 19.7 Å². The molecule has 0 unspecified atom stereocenters. The van der Waals surface area contributed by atoms with Crippen LogP contribution in [-0.2, 0) is 0 Å². The van der Waals surface area contributed by atoms with Gasteiger partial charge in [0, 0.05) is 0 Å². The van der Waals surface area contributed by atoms with E-state index in [1.165, 1.54) is 12.8 Å². The molecule has 0 aliphatic heterocycles. The summed E-state index contributed by atoms with van der Waals surface area (Å²) >= 11 is 0. The Labute approximate surface area is 122 Å². The molecule has 2 aromatic heterocycles. The maximum absolute atomic E-state index is 5.89. The van der Waals surface area contributed by atoms with E-state index in [0.29, 0.717) is 12.0 Å². The van der Waals surface area contributed by atoms with E-state index in [2.05, 4.69) is 15.1 Å². The Morgan fingerprint density at radius 1 is 1.05 bits per heavy atom. The standard InChI is InChI=1S/C16H16N4O/c1-2-6-12(7-3-1)20-16-14(10-18-20)19-15(11-17-16)21-13-8-4-5-9-13/h1-3,6-7,10-11,13H,4-5,8-9H2. The molecule has 1 fully saturated rings. The maximum atomic E-state index is 5.89. The summed E-state index contributed by atoms with van der Waals surface area (Å²) in [6, 6.07) is 9.93. The number of ether oxygens (including phenoxy) is 1. The molecule has 1 aromatic carbocycles.